The molecule has 0 aromatic heterocycles. The molecule has 0 aliphatic carbocycles. The Kier molecular flexibility index (Phi) is 2.86. The van der Waals surface area contributed by atoms with Crippen LogP contribution >= 0.6 is 0 Å². The van der Waals surface area contributed by atoms with E-state index in [0.717, 1.165) is 11.4 Å². The predicted molar refractivity (Wildman–Crippen MR) is 54.6 cm³/mol. The van der Waals surface area contributed by atoms with Crippen LogP contribution in [0, 0.1) is 6.92 Å². The third-order valence-electron chi connectivity index (χ3n) is 1.69. The largest absolute Gasteiger partial charge is 0.386 e. The third-order valence-corrected chi connectivity index (χ3v) is 1.69. The van der Waals surface area contributed by atoms with E-state index in [1.165, 1.54) is 5.56 Å². The molecule has 0 atom stereocenters. The Morgan fingerprint density at radius 1 is 1.42 bits per heavy atom. The van der Waals surface area contributed by atoms with Crippen LogP contribution in [0.3, 0.4) is 0 Å². The minimum atomic E-state index is 1.00. The van der Waals surface area contributed by atoms with Crippen LogP contribution in [0.2, 0.25) is 0 Å². The molecule has 1 aromatic carbocycles. The molecule has 1 N–H and O–H groups in total. The number of nitrogens with zero attached hydrogens (tertiary/aromatic N) is 1. The summed E-state index contributed by atoms with van der Waals surface area (Å²) >= 11 is 0. The molecule has 0 aliphatic rings. The lowest BCUT2D eigenvalue weighted by Crippen LogP contribution is -1.88. The molecule has 0 unspecified atom stereocenters. The number of benzene rings is 1. The van der Waals surface area contributed by atoms with Gasteiger partial charge in [-0.2, -0.15) is 0 Å². The van der Waals surface area contributed by atoms with Crippen LogP contribution in [-0.4, -0.2) is 13.3 Å². The van der Waals surface area contributed by atoms with E-state index in [4.69, 9.17) is 0 Å². The lowest BCUT2D eigenvalue weighted by molar-refractivity contribution is 1.40. The highest BCUT2D eigenvalue weighted by atomic mass is 14.9. The molecule has 0 spiro atoms. The molecule has 12 heavy (non-hydrogen) atoms. The van der Waals surface area contributed by atoms with Gasteiger partial charge in [0.1, 0.15) is 0 Å². The van der Waals surface area contributed by atoms with Crippen LogP contribution in [0.1, 0.15) is 12.5 Å². The molecule has 0 radical (unpaired) electrons. The van der Waals surface area contributed by atoms with E-state index in [9.17, 15) is 0 Å². The summed E-state index contributed by atoms with van der Waals surface area (Å²) in [6.45, 7) is 3.98. The lowest BCUT2D eigenvalue weighted by atomic mass is 10.2. The Bertz CT molecular complexity index is 290. The first-order chi connectivity index (χ1) is 5.77. The first kappa shape index (κ1) is 8.78. The zero-order valence-electron chi connectivity index (χ0n) is 7.76. The number of rotatable bonds is 2. The van der Waals surface area contributed by atoms with Crippen molar-refractivity contribution in [2.75, 3.05) is 12.4 Å². The predicted octanol–water partition coefficient (Wildman–Crippen LogP) is 2.76. The number of aryl methyl sites for hydroxylation is 1. The number of hydrogen-bond donors (Lipinski definition) is 1. The van der Waals surface area contributed by atoms with Crippen molar-refractivity contribution >= 4 is 17.6 Å². The molecule has 0 heterocycles. The van der Waals surface area contributed by atoms with E-state index in [0.29, 0.717) is 0 Å². The van der Waals surface area contributed by atoms with Gasteiger partial charge in [-0.05, 0) is 31.5 Å². The third kappa shape index (κ3) is 1.84. The fraction of sp³-hybridized carbons (Fsp3) is 0.300. The van der Waals surface area contributed by atoms with Gasteiger partial charge in [-0.1, -0.05) is 6.07 Å². The van der Waals surface area contributed by atoms with Gasteiger partial charge in [0, 0.05) is 13.3 Å². The van der Waals surface area contributed by atoms with Crippen molar-refractivity contribution < 1.29 is 0 Å². The summed E-state index contributed by atoms with van der Waals surface area (Å²) in [5.74, 6) is 0. The standard InChI is InChI=1S/C10H14N2/c1-4-12-10-7-8(2)5-6-9(10)11-3/h4-7,11H,1-3H3. The van der Waals surface area contributed by atoms with Crippen molar-refractivity contribution in [1.29, 1.82) is 0 Å². The normalized spacial score (nSPS) is 10.6. The van der Waals surface area contributed by atoms with Crippen molar-refractivity contribution in [1.82, 2.24) is 0 Å². The van der Waals surface area contributed by atoms with Gasteiger partial charge >= 0.3 is 0 Å². The molecule has 0 fully saturated rings. The molecule has 1 aromatic rings. The van der Waals surface area contributed by atoms with Crippen molar-refractivity contribution in [3.8, 4) is 0 Å². The first-order valence-electron chi connectivity index (χ1n) is 4.05. The van der Waals surface area contributed by atoms with Gasteiger partial charge < -0.3 is 5.32 Å². The Morgan fingerprint density at radius 2 is 2.17 bits per heavy atom. The van der Waals surface area contributed by atoms with E-state index < -0.39 is 0 Å². The first-order valence-corrected chi connectivity index (χ1v) is 4.05. The average Bonchev–Trinajstić information content (AvgIpc) is 2.05. The molecule has 2 heteroatoms. The van der Waals surface area contributed by atoms with Crippen molar-refractivity contribution in [3.63, 3.8) is 0 Å². The molecule has 64 valence electrons. The van der Waals surface area contributed by atoms with Gasteiger partial charge in [0.25, 0.3) is 0 Å². The lowest BCUT2D eigenvalue weighted by Gasteiger charge is -2.04. The van der Waals surface area contributed by atoms with Crippen LogP contribution < -0.4 is 5.32 Å². The number of nitrogens with one attached hydrogen (secondary N) is 1. The quantitative estimate of drug-likeness (QED) is 0.664. The van der Waals surface area contributed by atoms with Crippen LogP contribution in [-0.2, 0) is 0 Å². The molecule has 2 nitrogen and oxygen atoms in total. The topological polar surface area (TPSA) is 24.4 Å². The Balaban J connectivity index is 3.12. The Labute approximate surface area is 73.3 Å². The fourth-order valence-corrected chi connectivity index (χ4v) is 1.10. The second kappa shape index (κ2) is 3.90. The second-order valence-electron chi connectivity index (χ2n) is 2.66. The maximum absolute atomic E-state index is 4.25. The Morgan fingerprint density at radius 3 is 2.75 bits per heavy atom. The minimum absolute atomic E-state index is 1.00. The monoisotopic (exact) mass is 162 g/mol. The second-order valence-corrected chi connectivity index (χ2v) is 2.66. The molecule has 0 aliphatic heterocycles. The summed E-state index contributed by atoms with van der Waals surface area (Å²) in [5.41, 5.74) is 3.30. The number of anilines is 1. The fourth-order valence-electron chi connectivity index (χ4n) is 1.10. The van der Waals surface area contributed by atoms with Gasteiger partial charge in [-0.25, -0.2) is 0 Å². The molecule has 0 bridgehead atoms. The van der Waals surface area contributed by atoms with Gasteiger partial charge in [0.05, 0.1) is 11.4 Å². The highest BCUT2D eigenvalue weighted by Gasteiger charge is 1.96. The molecular formula is C10H14N2. The molecule has 0 amide bonds. The summed E-state index contributed by atoms with van der Waals surface area (Å²) in [4.78, 5) is 4.25. The van der Waals surface area contributed by atoms with E-state index in [1.54, 1.807) is 6.21 Å². The maximum atomic E-state index is 4.25. The zero-order chi connectivity index (χ0) is 8.97. The summed E-state index contributed by atoms with van der Waals surface area (Å²) in [7, 11) is 1.90. The van der Waals surface area contributed by atoms with Crippen molar-refractivity contribution in [2.24, 2.45) is 4.99 Å². The van der Waals surface area contributed by atoms with Gasteiger partial charge in [0.15, 0.2) is 0 Å². The summed E-state index contributed by atoms with van der Waals surface area (Å²) in [6, 6.07) is 6.17. The van der Waals surface area contributed by atoms with E-state index in [2.05, 4.69) is 29.4 Å². The van der Waals surface area contributed by atoms with Gasteiger partial charge in [0.2, 0.25) is 0 Å². The molecule has 0 saturated heterocycles. The minimum Gasteiger partial charge on any atom is -0.386 e. The highest BCUT2D eigenvalue weighted by molar-refractivity contribution is 5.71. The van der Waals surface area contributed by atoms with E-state index >= 15 is 0 Å². The maximum Gasteiger partial charge on any atom is 0.0859 e. The smallest absolute Gasteiger partial charge is 0.0859 e. The highest BCUT2D eigenvalue weighted by Crippen LogP contribution is 2.24. The number of hydrogen-bond acceptors (Lipinski definition) is 2. The van der Waals surface area contributed by atoms with Crippen molar-refractivity contribution in [3.05, 3.63) is 23.8 Å². The van der Waals surface area contributed by atoms with Gasteiger partial charge in [-0.3, -0.25) is 4.99 Å². The van der Waals surface area contributed by atoms with Crippen LogP contribution in [0.25, 0.3) is 0 Å². The molecule has 0 saturated carbocycles. The van der Waals surface area contributed by atoms with Gasteiger partial charge in [-0.15, -0.1) is 0 Å². The molecular weight excluding hydrogens is 148 g/mol. The summed E-state index contributed by atoms with van der Waals surface area (Å²) in [6.07, 6.45) is 1.80. The van der Waals surface area contributed by atoms with E-state index in [1.807, 2.05) is 20.0 Å². The van der Waals surface area contributed by atoms with Crippen LogP contribution in [0.15, 0.2) is 23.2 Å². The zero-order valence-corrected chi connectivity index (χ0v) is 7.76. The molecule has 1 rings (SSSR count). The van der Waals surface area contributed by atoms with E-state index in [-0.39, 0.29) is 0 Å². The summed E-state index contributed by atoms with van der Waals surface area (Å²) in [5, 5.41) is 3.09. The summed E-state index contributed by atoms with van der Waals surface area (Å²) < 4.78 is 0. The van der Waals surface area contributed by atoms with Crippen LogP contribution in [0.5, 0.6) is 0 Å². The van der Waals surface area contributed by atoms with Crippen molar-refractivity contribution in [2.45, 2.75) is 13.8 Å². The Hall–Kier alpha value is -1.31. The van der Waals surface area contributed by atoms with Crippen LogP contribution in [0.4, 0.5) is 11.4 Å². The average molecular weight is 162 g/mol. The number of aliphatic imine (C=N–C) groups is 1. The SMILES string of the molecule is CC=Nc1cc(C)ccc1NC.